The van der Waals surface area contributed by atoms with Crippen LogP contribution in [0.25, 0.3) is 23.0 Å². The van der Waals surface area contributed by atoms with Gasteiger partial charge in [-0.05, 0) is 12.1 Å². The smallest absolute Gasteiger partial charge is 0.280 e. The van der Waals surface area contributed by atoms with E-state index in [0.717, 1.165) is 18.7 Å². The van der Waals surface area contributed by atoms with Crippen molar-refractivity contribution in [2.24, 2.45) is 0 Å². The fraction of sp³-hybridized carbons (Fsp3) is 0.231. The van der Waals surface area contributed by atoms with Gasteiger partial charge in [0.05, 0.1) is 12.2 Å². The van der Waals surface area contributed by atoms with Crippen LogP contribution in [0.4, 0.5) is 0 Å². The Morgan fingerprint density at radius 2 is 2.24 bits per heavy atom. The van der Waals surface area contributed by atoms with E-state index in [1.165, 1.54) is 0 Å². The first-order valence-electron chi connectivity index (χ1n) is 6.52. The molecule has 0 spiro atoms. The van der Waals surface area contributed by atoms with Crippen LogP contribution >= 0.6 is 11.6 Å². The van der Waals surface area contributed by atoms with Gasteiger partial charge in [-0.2, -0.15) is 4.98 Å². The highest BCUT2D eigenvalue weighted by atomic mass is 35.5. The predicted molar refractivity (Wildman–Crippen MR) is 75.7 cm³/mol. The van der Waals surface area contributed by atoms with E-state index in [1.807, 2.05) is 23.0 Å². The number of halogens is 1. The largest absolute Gasteiger partial charge is 0.332 e. The highest BCUT2D eigenvalue weighted by Crippen LogP contribution is 2.23. The Morgan fingerprint density at radius 3 is 3.00 bits per heavy atom. The molecule has 1 aliphatic rings. The minimum atomic E-state index is 0.349. The Balaban J connectivity index is 1.63. The number of aromatic nitrogens is 5. The van der Waals surface area contributed by atoms with Crippen molar-refractivity contribution >= 4 is 11.6 Å². The molecule has 0 amide bonds. The Morgan fingerprint density at radius 1 is 1.33 bits per heavy atom. The fourth-order valence-corrected chi connectivity index (χ4v) is 2.28. The zero-order valence-corrected chi connectivity index (χ0v) is 11.7. The summed E-state index contributed by atoms with van der Waals surface area (Å²) in [5.41, 5.74) is 1.37. The number of hydrogen-bond donors (Lipinski definition) is 1. The Kier molecular flexibility index (Phi) is 2.94. The van der Waals surface area contributed by atoms with E-state index in [1.54, 1.807) is 12.1 Å². The van der Waals surface area contributed by atoms with Crippen LogP contribution < -0.4 is 5.32 Å². The summed E-state index contributed by atoms with van der Waals surface area (Å²) in [5.74, 6) is 0.830. The Labute approximate surface area is 124 Å². The average Bonchev–Trinajstić information content (AvgIpc) is 3.05. The molecule has 0 saturated carbocycles. The van der Waals surface area contributed by atoms with Crippen LogP contribution in [-0.4, -0.2) is 38.2 Å². The Hall–Kier alpha value is -2.25. The standard InChI is InChI=1S/C13H11ClN6O/c14-9-3-1-2-8(4-9)12-16-13(21-18-12)11-7-20(19-17-11)10-5-15-6-10/h1-4,7,10,15H,5-6H2. The average molecular weight is 303 g/mol. The minimum absolute atomic E-state index is 0.349. The number of hydrogen-bond acceptors (Lipinski definition) is 6. The van der Waals surface area contributed by atoms with Crippen LogP contribution in [-0.2, 0) is 0 Å². The first-order chi connectivity index (χ1) is 10.3. The molecule has 1 fully saturated rings. The predicted octanol–water partition coefficient (Wildman–Crippen LogP) is 1.79. The lowest BCUT2D eigenvalue weighted by atomic mass is 10.2. The topological polar surface area (TPSA) is 81.7 Å². The van der Waals surface area contributed by atoms with Crippen molar-refractivity contribution in [3.8, 4) is 23.0 Å². The molecule has 0 atom stereocenters. The summed E-state index contributed by atoms with van der Waals surface area (Å²) in [4.78, 5) is 4.34. The van der Waals surface area contributed by atoms with Crippen LogP contribution in [0.3, 0.4) is 0 Å². The maximum atomic E-state index is 5.96. The molecule has 0 bridgehead atoms. The lowest BCUT2D eigenvalue weighted by Gasteiger charge is -2.26. The van der Waals surface area contributed by atoms with E-state index in [-0.39, 0.29) is 0 Å². The van der Waals surface area contributed by atoms with Crippen molar-refractivity contribution in [2.75, 3.05) is 13.1 Å². The van der Waals surface area contributed by atoms with Crippen LogP contribution in [0.5, 0.6) is 0 Å². The zero-order valence-electron chi connectivity index (χ0n) is 10.9. The van der Waals surface area contributed by atoms with Gasteiger partial charge in [-0.15, -0.1) is 5.10 Å². The Bertz CT molecular complexity index is 778. The summed E-state index contributed by atoms with van der Waals surface area (Å²) in [5, 5.41) is 15.9. The summed E-state index contributed by atoms with van der Waals surface area (Å²) >= 11 is 5.96. The molecule has 3 aromatic rings. The molecule has 21 heavy (non-hydrogen) atoms. The molecular formula is C13H11ClN6O. The van der Waals surface area contributed by atoms with Crippen molar-refractivity contribution in [3.05, 3.63) is 35.5 Å². The van der Waals surface area contributed by atoms with E-state index >= 15 is 0 Å². The third-order valence-corrected chi connectivity index (χ3v) is 3.61. The van der Waals surface area contributed by atoms with Crippen LogP contribution in [0.1, 0.15) is 6.04 Å². The van der Waals surface area contributed by atoms with Crippen molar-refractivity contribution in [1.29, 1.82) is 0 Å². The van der Waals surface area contributed by atoms with Gasteiger partial charge in [0.1, 0.15) is 0 Å². The van der Waals surface area contributed by atoms with Crippen molar-refractivity contribution in [3.63, 3.8) is 0 Å². The molecule has 7 nitrogen and oxygen atoms in total. The molecule has 8 heteroatoms. The molecular weight excluding hydrogens is 292 g/mol. The summed E-state index contributed by atoms with van der Waals surface area (Å²) in [7, 11) is 0. The quantitative estimate of drug-likeness (QED) is 0.794. The molecule has 0 aliphatic carbocycles. The SMILES string of the molecule is Clc1cccc(-c2noc(-c3cn(C4CNC4)nn3)n2)c1. The molecule has 106 valence electrons. The zero-order chi connectivity index (χ0) is 14.2. The highest BCUT2D eigenvalue weighted by Gasteiger charge is 2.22. The van der Waals surface area contributed by atoms with E-state index in [9.17, 15) is 0 Å². The van der Waals surface area contributed by atoms with E-state index in [4.69, 9.17) is 16.1 Å². The summed E-state index contributed by atoms with van der Waals surface area (Å²) in [6.45, 7) is 1.81. The van der Waals surface area contributed by atoms with Gasteiger partial charge >= 0.3 is 0 Å². The molecule has 0 unspecified atom stereocenters. The van der Waals surface area contributed by atoms with Crippen LogP contribution in [0.2, 0.25) is 5.02 Å². The fourth-order valence-electron chi connectivity index (χ4n) is 2.09. The minimum Gasteiger partial charge on any atom is -0.332 e. The lowest BCUT2D eigenvalue weighted by molar-refractivity contribution is 0.313. The normalized spacial score (nSPS) is 15.1. The molecule has 4 rings (SSSR count). The van der Waals surface area contributed by atoms with Gasteiger partial charge < -0.3 is 9.84 Å². The first-order valence-corrected chi connectivity index (χ1v) is 6.90. The van der Waals surface area contributed by atoms with Gasteiger partial charge in [-0.3, -0.25) is 0 Å². The molecule has 1 aliphatic heterocycles. The third kappa shape index (κ3) is 2.30. The highest BCUT2D eigenvalue weighted by molar-refractivity contribution is 6.30. The summed E-state index contributed by atoms with van der Waals surface area (Å²) < 4.78 is 7.07. The van der Waals surface area contributed by atoms with E-state index < -0.39 is 0 Å². The number of rotatable bonds is 3. The van der Waals surface area contributed by atoms with Gasteiger partial charge in [0.25, 0.3) is 5.89 Å². The third-order valence-electron chi connectivity index (χ3n) is 3.37. The van der Waals surface area contributed by atoms with Crippen LogP contribution in [0.15, 0.2) is 35.0 Å². The summed E-state index contributed by atoms with van der Waals surface area (Å²) in [6.07, 6.45) is 1.82. The lowest BCUT2D eigenvalue weighted by Crippen LogP contribution is -2.43. The summed E-state index contributed by atoms with van der Waals surface area (Å²) in [6, 6.07) is 7.64. The number of benzene rings is 1. The number of nitrogens with one attached hydrogen (secondary N) is 1. The van der Waals surface area contributed by atoms with Gasteiger partial charge in [0, 0.05) is 23.7 Å². The van der Waals surface area contributed by atoms with E-state index in [0.29, 0.717) is 28.5 Å². The van der Waals surface area contributed by atoms with Crippen molar-refractivity contribution < 1.29 is 4.52 Å². The van der Waals surface area contributed by atoms with Gasteiger partial charge in [0.15, 0.2) is 5.69 Å². The molecule has 1 aromatic carbocycles. The van der Waals surface area contributed by atoms with Crippen molar-refractivity contribution in [1.82, 2.24) is 30.5 Å². The molecule has 3 heterocycles. The van der Waals surface area contributed by atoms with Crippen molar-refractivity contribution in [2.45, 2.75) is 6.04 Å². The maximum absolute atomic E-state index is 5.96. The molecule has 0 radical (unpaired) electrons. The van der Waals surface area contributed by atoms with E-state index in [2.05, 4.69) is 25.8 Å². The molecule has 1 N–H and O–H groups in total. The second-order valence-electron chi connectivity index (χ2n) is 4.83. The van der Waals surface area contributed by atoms with Gasteiger partial charge in [-0.25, -0.2) is 4.68 Å². The molecule has 1 saturated heterocycles. The first kappa shape index (κ1) is 12.5. The van der Waals surface area contributed by atoms with Crippen LogP contribution in [0, 0.1) is 0 Å². The molecule has 2 aromatic heterocycles. The second kappa shape index (κ2) is 4.94. The van der Waals surface area contributed by atoms with Gasteiger partial charge in [0.2, 0.25) is 5.82 Å². The monoisotopic (exact) mass is 302 g/mol. The second-order valence-corrected chi connectivity index (χ2v) is 5.27. The van der Waals surface area contributed by atoms with Gasteiger partial charge in [-0.1, -0.05) is 34.1 Å². The maximum Gasteiger partial charge on any atom is 0.280 e. The number of nitrogens with zero attached hydrogens (tertiary/aromatic N) is 5.